The molecule has 0 bridgehead atoms. The first-order valence-corrected chi connectivity index (χ1v) is 5.73. The fourth-order valence-electron chi connectivity index (χ4n) is 1.34. The topological polar surface area (TPSA) is 46.3 Å². The van der Waals surface area contributed by atoms with Crippen molar-refractivity contribution in [3.05, 3.63) is 35.1 Å². The lowest BCUT2D eigenvalue weighted by molar-refractivity contribution is 0.0750. The first-order valence-electron chi connectivity index (χ1n) is 5.73. The Hall–Kier alpha value is -1.86. The van der Waals surface area contributed by atoms with E-state index in [1.165, 1.54) is 23.1 Å². The number of hydrogen-bond donors (Lipinski definition) is 1. The molecule has 4 heteroatoms. The normalized spacial score (nSPS) is 9.89. The number of rotatable bonds is 2. The Bertz CT molecular complexity index is 500. The Morgan fingerprint density at radius 2 is 2.17 bits per heavy atom. The van der Waals surface area contributed by atoms with E-state index in [4.69, 9.17) is 5.73 Å². The summed E-state index contributed by atoms with van der Waals surface area (Å²) in [5.74, 6) is 4.57. The van der Waals surface area contributed by atoms with Gasteiger partial charge >= 0.3 is 0 Å². The van der Waals surface area contributed by atoms with Crippen molar-refractivity contribution < 1.29 is 9.18 Å². The second-order valence-electron chi connectivity index (χ2n) is 4.21. The number of hydrogen-bond acceptors (Lipinski definition) is 2. The zero-order chi connectivity index (χ0) is 13.7. The number of amides is 1. The molecule has 0 aliphatic carbocycles. The Morgan fingerprint density at radius 3 is 2.72 bits per heavy atom. The number of benzene rings is 1. The minimum Gasteiger partial charge on any atom is -0.339 e. The molecule has 0 saturated heterocycles. The molecular weight excluding hydrogens is 231 g/mol. The molecule has 0 aliphatic heterocycles. The molecule has 0 heterocycles. The molecule has 0 saturated carbocycles. The number of halogens is 1. The smallest absolute Gasteiger partial charge is 0.256 e. The van der Waals surface area contributed by atoms with E-state index in [9.17, 15) is 9.18 Å². The lowest BCUT2D eigenvalue weighted by Crippen LogP contribution is -2.33. The van der Waals surface area contributed by atoms with Crippen LogP contribution in [0.5, 0.6) is 0 Å². The highest BCUT2D eigenvalue weighted by Crippen LogP contribution is 2.13. The molecule has 3 nitrogen and oxygen atoms in total. The Balaban J connectivity index is 3.11. The van der Waals surface area contributed by atoms with Crippen LogP contribution in [0.25, 0.3) is 0 Å². The fourth-order valence-corrected chi connectivity index (χ4v) is 1.34. The van der Waals surface area contributed by atoms with E-state index >= 15 is 0 Å². The molecule has 1 aromatic carbocycles. The van der Waals surface area contributed by atoms with Gasteiger partial charge in [-0.05, 0) is 32.0 Å². The lowest BCUT2D eigenvalue weighted by atomic mass is 10.1. The van der Waals surface area contributed by atoms with E-state index < -0.39 is 5.82 Å². The molecule has 0 spiro atoms. The van der Waals surface area contributed by atoms with Crippen LogP contribution in [-0.2, 0) is 0 Å². The highest BCUT2D eigenvalue weighted by molar-refractivity contribution is 5.94. The van der Waals surface area contributed by atoms with E-state index in [0.717, 1.165) is 0 Å². The van der Waals surface area contributed by atoms with Gasteiger partial charge in [0.1, 0.15) is 5.82 Å². The Kier molecular flexibility index (Phi) is 4.87. The molecule has 2 N–H and O–H groups in total. The first kappa shape index (κ1) is 14.2. The summed E-state index contributed by atoms with van der Waals surface area (Å²) in [4.78, 5) is 13.5. The number of nitrogens with zero attached hydrogens (tertiary/aromatic N) is 1. The SMILES string of the molecule is CC(C)N(C)C(=O)c1cc(C#CCN)ccc1F. The van der Waals surface area contributed by atoms with E-state index in [1.807, 2.05) is 13.8 Å². The van der Waals surface area contributed by atoms with Crippen LogP contribution >= 0.6 is 0 Å². The zero-order valence-corrected chi connectivity index (χ0v) is 10.8. The van der Waals surface area contributed by atoms with Gasteiger partial charge in [-0.25, -0.2) is 4.39 Å². The van der Waals surface area contributed by atoms with Gasteiger partial charge in [0.15, 0.2) is 0 Å². The third kappa shape index (κ3) is 3.31. The summed E-state index contributed by atoms with van der Waals surface area (Å²) in [7, 11) is 1.64. The molecule has 0 aromatic heterocycles. The van der Waals surface area contributed by atoms with Gasteiger partial charge in [0, 0.05) is 18.7 Å². The van der Waals surface area contributed by atoms with Crippen LogP contribution < -0.4 is 5.73 Å². The molecule has 0 unspecified atom stereocenters. The number of nitrogens with two attached hydrogens (primary N) is 1. The minimum atomic E-state index is -0.536. The summed E-state index contributed by atoms with van der Waals surface area (Å²) >= 11 is 0. The molecular formula is C14H17FN2O. The maximum absolute atomic E-state index is 13.6. The number of carbonyl (C=O) groups is 1. The highest BCUT2D eigenvalue weighted by Gasteiger charge is 2.18. The van der Waals surface area contributed by atoms with Crippen LogP contribution in [-0.4, -0.2) is 30.4 Å². The predicted molar refractivity (Wildman–Crippen MR) is 69.6 cm³/mol. The summed E-state index contributed by atoms with van der Waals surface area (Å²) < 4.78 is 13.6. The van der Waals surface area contributed by atoms with Gasteiger partial charge in [0.2, 0.25) is 0 Å². The average molecular weight is 248 g/mol. The monoisotopic (exact) mass is 248 g/mol. The molecule has 1 amide bonds. The van der Waals surface area contributed by atoms with Crippen LogP contribution in [0.15, 0.2) is 18.2 Å². The van der Waals surface area contributed by atoms with Crippen LogP contribution in [0.1, 0.15) is 29.8 Å². The van der Waals surface area contributed by atoms with Crippen molar-refractivity contribution in [2.75, 3.05) is 13.6 Å². The van der Waals surface area contributed by atoms with Gasteiger partial charge in [0.25, 0.3) is 5.91 Å². The molecule has 18 heavy (non-hydrogen) atoms. The predicted octanol–water partition coefficient (Wildman–Crippen LogP) is 1.62. The highest BCUT2D eigenvalue weighted by atomic mass is 19.1. The summed E-state index contributed by atoms with van der Waals surface area (Å²) in [6.45, 7) is 3.97. The summed E-state index contributed by atoms with van der Waals surface area (Å²) in [6.07, 6.45) is 0. The van der Waals surface area contributed by atoms with Crippen LogP contribution in [0.4, 0.5) is 4.39 Å². The van der Waals surface area contributed by atoms with Gasteiger partial charge in [-0.15, -0.1) is 0 Å². The van der Waals surface area contributed by atoms with E-state index in [1.54, 1.807) is 7.05 Å². The molecule has 96 valence electrons. The summed E-state index contributed by atoms with van der Waals surface area (Å²) in [5, 5.41) is 0. The van der Waals surface area contributed by atoms with Crippen molar-refractivity contribution in [3.63, 3.8) is 0 Å². The lowest BCUT2D eigenvalue weighted by Gasteiger charge is -2.21. The standard InChI is InChI=1S/C14H17FN2O/c1-10(2)17(3)14(18)12-9-11(5-4-8-16)6-7-13(12)15/h6-7,9-10H,8,16H2,1-3H3. The van der Waals surface area contributed by atoms with Crippen LogP contribution in [0.3, 0.4) is 0 Å². The van der Waals surface area contributed by atoms with Crippen molar-refractivity contribution in [1.82, 2.24) is 4.90 Å². The van der Waals surface area contributed by atoms with Crippen molar-refractivity contribution in [3.8, 4) is 11.8 Å². The Labute approximate surface area is 107 Å². The van der Waals surface area contributed by atoms with Crippen molar-refractivity contribution in [2.24, 2.45) is 5.73 Å². The zero-order valence-electron chi connectivity index (χ0n) is 10.8. The van der Waals surface area contributed by atoms with Gasteiger partial charge in [0.05, 0.1) is 12.1 Å². The molecule has 1 rings (SSSR count). The van der Waals surface area contributed by atoms with E-state index in [0.29, 0.717) is 5.56 Å². The van der Waals surface area contributed by atoms with Gasteiger partial charge < -0.3 is 10.6 Å². The van der Waals surface area contributed by atoms with Crippen molar-refractivity contribution in [1.29, 1.82) is 0 Å². The van der Waals surface area contributed by atoms with Gasteiger partial charge in [-0.1, -0.05) is 11.8 Å². The summed E-state index contributed by atoms with van der Waals surface area (Å²) in [5.41, 5.74) is 5.89. The second kappa shape index (κ2) is 6.18. The second-order valence-corrected chi connectivity index (χ2v) is 4.21. The number of carbonyl (C=O) groups excluding carboxylic acids is 1. The minimum absolute atomic E-state index is 0.00989. The largest absolute Gasteiger partial charge is 0.339 e. The Morgan fingerprint density at radius 1 is 1.50 bits per heavy atom. The summed E-state index contributed by atoms with van der Waals surface area (Å²) in [6, 6.07) is 4.25. The molecule has 1 aromatic rings. The van der Waals surface area contributed by atoms with E-state index in [-0.39, 0.29) is 24.1 Å². The van der Waals surface area contributed by atoms with Crippen LogP contribution in [0.2, 0.25) is 0 Å². The van der Waals surface area contributed by atoms with Gasteiger partial charge in [-0.2, -0.15) is 0 Å². The molecule has 0 atom stereocenters. The van der Waals surface area contributed by atoms with Crippen molar-refractivity contribution >= 4 is 5.91 Å². The maximum Gasteiger partial charge on any atom is 0.256 e. The molecule has 0 fully saturated rings. The average Bonchev–Trinajstić information content (AvgIpc) is 2.36. The van der Waals surface area contributed by atoms with Gasteiger partial charge in [-0.3, -0.25) is 4.79 Å². The quantitative estimate of drug-likeness (QED) is 0.808. The fraction of sp³-hybridized carbons (Fsp3) is 0.357. The first-order chi connectivity index (χ1) is 8.47. The maximum atomic E-state index is 13.6. The molecule has 0 radical (unpaired) electrons. The third-order valence-electron chi connectivity index (χ3n) is 2.63. The van der Waals surface area contributed by atoms with E-state index in [2.05, 4.69) is 11.8 Å². The molecule has 0 aliphatic rings. The third-order valence-corrected chi connectivity index (χ3v) is 2.63. The van der Waals surface area contributed by atoms with Crippen molar-refractivity contribution in [2.45, 2.75) is 19.9 Å². The van der Waals surface area contributed by atoms with Crippen LogP contribution in [0, 0.1) is 17.7 Å².